The molecule has 4 rings (SSSR count). The van der Waals surface area contributed by atoms with E-state index in [9.17, 15) is 18.0 Å². The lowest BCUT2D eigenvalue weighted by Crippen LogP contribution is -2.59. The van der Waals surface area contributed by atoms with Crippen LogP contribution in [0.25, 0.3) is 0 Å². The average molecular weight is 427 g/mol. The van der Waals surface area contributed by atoms with E-state index in [4.69, 9.17) is 0 Å². The number of piperidine rings is 1. The number of rotatable bonds is 4. The molecule has 7 heteroatoms. The van der Waals surface area contributed by atoms with Crippen LogP contribution in [-0.4, -0.2) is 20.2 Å². The van der Waals surface area contributed by atoms with Crippen molar-refractivity contribution in [2.75, 3.05) is 9.62 Å². The summed E-state index contributed by atoms with van der Waals surface area (Å²) < 4.78 is 27.9. The molecule has 2 atom stereocenters. The van der Waals surface area contributed by atoms with Gasteiger partial charge in [0.05, 0.1) is 16.0 Å². The molecule has 2 aliphatic rings. The maximum absolute atomic E-state index is 13.3. The van der Waals surface area contributed by atoms with E-state index in [0.717, 1.165) is 5.56 Å². The molecule has 2 aromatic rings. The fraction of sp³-hybridized carbons (Fsp3) is 0.391. The lowest BCUT2D eigenvalue weighted by Gasteiger charge is -2.47. The minimum Gasteiger partial charge on any atom is -0.280 e. The molecule has 0 unspecified atom stereocenters. The molecule has 6 nitrogen and oxygen atoms in total. The van der Waals surface area contributed by atoms with Crippen molar-refractivity contribution < 1.29 is 18.0 Å². The summed E-state index contributed by atoms with van der Waals surface area (Å²) in [5, 5.41) is 0. The van der Waals surface area contributed by atoms with Crippen molar-refractivity contribution in [2.24, 2.45) is 16.7 Å². The number of aryl methyl sites for hydroxylation is 1. The van der Waals surface area contributed by atoms with Gasteiger partial charge in [-0.3, -0.25) is 14.3 Å². The average Bonchev–Trinajstić information content (AvgIpc) is 2.87. The molecule has 1 aliphatic carbocycles. The Labute approximate surface area is 177 Å². The Morgan fingerprint density at radius 2 is 1.57 bits per heavy atom. The molecular formula is C23H26N2O4S. The first-order valence-electron chi connectivity index (χ1n) is 10.1. The molecule has 1 saturated carbocycles. The highest BCUT2D eigenvalue weighted by molar-refractivity contribution is 7.92. The molecule has 158 valence electrons. The van der Waals surface area contributed by atoms with Gasteiger partial charge < -0.3 is 0 Å². The molecular weight excluding hydrogens is 400 g/mol. The van der Waals surface area contributed by atoms with Crippen molar-refractivity contribution in [1.82, 2.24) is 0 Å². The Kier molecular flexibility index (Phi) is 4.58. The molecule has 30 heavy (non-hydrogen) atoms. The maximum atomic E-state index is 13.3. The molecule has 2 fully saturated rings. The van der Waals surface area contributed by atoms with Gasteiger partial charge >= 0.3 is 0 Å². The first kappa shape index (κ1) is 20.6. The largest absolute Gasteiger partial charge is 0.280 e. The van der Waals surface area contributed by atoms with E-state index < -0.39 is 15.4 Å². The molecule has 1 saturated heterocycles. The highest BCUT2D eigenvalue weighted by atomic mass is 32.2. The molecule has 2 aromatic carbocycles. The molecule has 1 aliphatic heterocycles. The fourth-order valence-electron chi connectivity index (χ4n) is 4.67. The van der Waals surface area contributed by atoms with Gasteiger partial charge in [0.25, 0.3) is 10.0 Å². The molecule has 0 aromatic heterocycles. The van der Waals surface area contributed by atoms with Crippen LogP contribution in [0, 0.1) is 23.7 Å². The molecule has 0 radical (unpaired) electrons. The minimum absolute atomic E-state index is 0.0678. The molecule has 1 N–H and O–H groups in total. The fourth-order valence-corrected chi connectivity index (χ4v) is 5.73. The van der Waals surface area contributed by atoms with Gasteiger partial charge in [0.1, 0.15) is 0 Å². The number of carbonyl (C=O) groups is 2. The Morgan fingerprint density at radius 3 is 2.17 bits per heavy atom. The van der Waals surface area contributed by atoms with Crippen LogP contribution in [0.4, 0.5) is 11.4 Å². The number of hydrogen-bond acceptors (Lipinski definition) is 4. The van der Waals surface area contributed by atoms with E-state index in [-0.39, 0.29) is 28.0 Å². The summed E-state index contributed by atoms with van der Waals surface area (Å²) in [7, 11) is -3.78. The topological polar surface area (TPSA) is 83.6 Å². The number of carbonyl (C=O) groups excluding carboxylic acids is 2. The normalized spacial score (nSPS) is 25.5. The summed E-state index contributed by atoms with van der Waals surface area (Å²) >= 11 is 0. The zero-order valence-electron chi connectivity index (χ0n) is 17.6. The van der Waals surface area contributed by atoms with Crippen LogP contribution < -0.4 is 9.62 Å². The van der Waals surface area contributed by atoms with Crippen molar-refractivity contribution in [3.8, 4) is 0 Å². The predicted molar refractivity (Wildman–Crippen MR) is 116 cm³/mol. The van der Waals surface area contributed by atoms with Crippen LogP contribution in [0.1, 0.15) is 39.2 Å². The van der Waals surface area contributed by atoms with Crippen molar-refractivity contribution >= 4 is 33.2 Å². The number of benzene rings is 2. The van der Waals surface area contributed by atoms with Crippen molar-refractivity contribution in [1.29, 1.82) is 0 Å². The van der Waals surface area contributed by atoms with Gasteiger partial charge in [-0.05, 0) is 61.6 Å². The Balaban J connectivity index is 1.62. The predicted octanol–water partition coefficient (Wildman–Crippen LogP) is 4.11. The van der Waals surface area contributed by atoms with Crippen LogP contribution in [0.15, 0.2) is 53.4 Å². The Bertz CT molecular complexity index is 1120. The molecule has 0 spiro atoms. The summed E-state index contributed by atoms with van der Waals surface area (Å²) in [6.45, 7) is 7.83. The molecule has 1 heterocycles. The van der Waals surface area contributed by atoms with Gasteiger partial charge in [-0.15, -0.1) is 0 Å². The van der Waals surface area contributed by atoms with Crippen LogP contribution in [-0.2, 0) is 19.6 Å². The van der Waals surface area contributed by atoms with E-state index in [1.807, 2.05) is 39.8 Å². The second-order valence-corrected chi connectivity index (χ2v) is 10.8. The van der Waals surface area contributed by atoms with Crippen LogP contribution in [0.3, 0.4) is 0 Å². The van der Waals surface area contributed by atoms with Gasteiger partial charge in [0, 0.05) is 11.6 Å². The second-order valence-electron chi connectivity index (χ2n) is 9.09. The third kappa shape index (κ3) is 2.95. The van der Waals surface area contributed by atoms with Crippen LogP contribution in [0.2, 0.25) is 0 Å². The monoisotopic (exact) mass is 426 g/mol. The van der Waals surface area contributed by atoms with Gasteiger partial charge in [0.15, 0.2) is 0 Å². The number of nitrogens with zero attached hydrogens (tertiary/aromatic N) is 1. The summed E-state index contributed by atoms with van der Waals surface area (Å²) in [4.78, 5) is 27.6. The Hall–Kier alpha value is -2.67. The molecule has 2 amide bonds. The van der Waals surface area contributed by atoms with E-state index >= 15 is 0 Å². The number of hydrogen-bond donors (Lipinski definition) is 1. The van der Waals surface area contributed by atoms with E-state index in [1.165, 1.54) is 29.2 Å². The number of nitrogens with one attached hydrogen (secondary N) is 1. The standard InChI is InChI=1S/C23H26N2O4S/c1-15-5-7-16(8-6-15)24-30(28,29)18-11-9-17(10-12-18)25-20(26)19-13-14-23(4,21(25)27)22(19,2)3/h5-12,19,24H,13-14H2,1-4H3/t19-,23+/m1/s1. The quantitative estimate of drug-likeness (QED) is 0.746. The lowest BCUT2D eigenvalue weighted by atomic mass is 9.62. The lowest BCUT2D eigenvalue weighted by molar-refractivity contribution is -0.146. The van der Waals surface area contributed by atoms with Gasteiger partial charge in [-0.1, -0.05) is 38.5 Å². The van der Waals surface area contributed by atoms with Crippen molar-refractivity contribution in [3.05, 3.63) is 54.1 Å². The van der Waals surface area contributed by atoms with E-state index in [0.29, 0.717) is 24.2 Å². The Morgan fingerprint density at radius 1 is 0.967 bits per heavy atom. The number of anilines is 2. The number of amides is 2. The highest BCUT2D eigenvalue weighted by Crippen LogP contribution is 2.60. The summed E-state index contributed by atoms with van der Waals surface area (Å²) in [6, 6.07) is 13.0. The number of imide groups is 1. The third-order valence-electron chi connectivity index (χ3n) is 7.13. The zero-order chi connectivity index (χ0) is 21.9. The highest BCUT2D eigenvalue weighted by Gasteiger charge is 2.64. The first-order chi connectivity index (χ1) is 14.0. The third-order valence-corrected chi connectivity index (χ3v) is 8.53. The van der Waals surface area contributed by atoms with E-state index in [2.05, 4.69) is 4.72 Å². The van der Waals surface area contributed by atoms with E-state index in [1.54, 1.807) is 12.1 Å². The van der Waals surface area contributed by atoms with Crippen LogP contribution >= 0.6 is 0 Å². The smallest absolute Gasteiger partial charge is 0.261 e. The maximum Gasteiger partial charge on any atom is 0.261 e. The first-order valence-corrected chi connectivity index (χ1v) is 11.5. The minimum atomic E-state index is -3.78. The van der Waals surface area contributed by atoms with Crippen molar-refractivity contribution in [2.45, 2.75) is 45.4 Å². The number of sulfonamides is 1. The number of fused-ring (bicyclic) bond motifs is 2. The van der Waals surface area contributed by atoms with Gasteiger partial charge in [-0.25, -0.2) is 13.3 Å². The summed E-state index contributed by atoms with van der Waals surface area (Å²) in [5.41, 5.74) is 0.914. The van der Waals surface area contributed by atoms with Gasteiger partial charge in [0.2, 0.25) is 11.8 Å². The second kappa shape index (κ2) is 6.67. The van der Waals surface area contributed by atoms with Gasteiger partial charge in [-0.2, -0.15) is 0 Å². The molecule has 2 bridgehead atoms. The summed E-state index contributed by atoms with van der Waals surface area (Å²) in [6.07, 6.45) is 1.37. The van der Waals surface area contributed by atoms with Crippen molar-refractivity contribution in [3.63, 3.8) is 0 Å². The summed E-state index contributed by atoms with van der Waals surface area (Å²) in [5.74, 6) is -0.625. The zero-order valence-corrected chi connectivity index (χ0v) is 18.4. The van der Waals surface area contributed by atoms with Crippen LogP contribution in [0.5, 0.6) is 0 Å². The SMILES string of the molecule is Cc1ccc(NS(=O)(=O)c2ccc(N3C(=O)[C@H]4CC[C@@](C)(C3=O)C4(C)C)cc2)cc1.